The molecule has 0 aliphatic carbocycles. The molecule has 0 spiro atoms. The van der Waals surface area contributed by atoms with Crippen LogP contribution in [0.3, 0.4) is 0 Å². The summed E-state index contributed by atoms with van der Waals surface area (Å²) in [5, 5.41) is 8.95. The van der Waals surface area contributed by atoms with Crippen LogP contribution in [0.25, 0.3) is 0 Å². The Labute approximate surface area is 77.1 Å². The minimum atomic E-state index is -0.281. The van der Waals surface area contributed by atoms with Crippen molar-refractivity contribution in [1.29, 1.82) is 0 Å². The second-order valence-electron chi connectivity index (χ2n) is 3.27. The van der Waals surface area contributed by atoms with Gasteiger partial charge in [-0.2, -0.15) is 0 Å². The lowest BCUT2D eigenvalue weighted by Crippen LogP contribution is -2.16. The Morgan fingerprint density at radius 2 is 2.31 bits per heavy atom. The summed E-state index contributed by atoms with van der Waals surface area (Å²) in [7, 11) is 0. The van der Waals surface area contributed by atoms with Crippen molar-refractivity contribution in [2.24, 2.45) is 5.73 Å². The van der Waals surface area contributed by atoms with Gasteiger partial charge in [0.2, 0.25) is 0 Å². The van der Waals surface area contributed by atoms with Gasteiger partial charge < -0.3 is 15.6 Å². The van der Waals surface area contributed by atoms with E-state index >= 15 is 0 Å². The zero-order chi connectivity index (χ0) is 9.26. The van der Waals surface area contributed by atoms with Gasteiger partial charge in [0.25, 0.3) is 0 Å². The van der Waals surface area contributed by atoms with Crippen LogP contribution in [0.5, 0.6) is 0 Å². The first-order valence-corrected chi connectivity index (χ1v) is 4.37. The van der Waals surface area contributed by atoms with E-state index in [1.165, 1.54) is 5.56 Å². The third-order valence-corrected chi connectivity index (χ3v) is 2.41. The van der Waals surface area contributed by atoms with Crippen LogP contribution in [0.1, 0.15) is 22.7 Å². The van der Waals surface area contributed by atoms with E-state index in [2.05, 4.69) is 0 Å². The Morgan fingerprint density at radius 3 is 3.08 bits per heavy atom. The predicted molar refractivity (Wildman–Crippen MR) is 48.9 cm³/mol. The van der Waals surface area contributed by atoms with Crippen molar-refractivity contribution < 1.29 is 9.84 Å². The highest BCUT2D eigenvalue weighted by molar-refractivity contribution is 5.38. The van der Waals surface area contributed by atoms with E-state index in [4.69, 9.17) is 15.6 Å². The van der Waals surface area contributed by atoms with Crippen LogP contribution in [0, 0.1) is 0 Å². The zero-order valence-electron chi connectivity index (χ0n) is 7.36. The van der Waals surface area contributed by atoms with Gasteiger partial charge in [-0.3, -0.25) is 0 Å². The maximum absolute atomic E-state index is 8.95. The summed E-state index contributed by atoms with van der Waals surface area (Å²) in [4.78, 5) is 0. The van der Waals surface area contributed by atoms with E-state index in [9.17, 15) is 0 Å². The summed E-state index contributed by atoms with van der Waals surface area (Å²) >= 11 is 0. The molecular formula is C10H13NO2. The van der Waals surface area contributed by atoms with Gasteiger partial charge in [0.1, 0.15) is 0 Å². The van der Waals surface area contributed by atoms with Crippen LogP contribution in [0.4, 0.5) is 0 Å². The average molecular weight is 179 g/mol. The van der Waals surface area contributed by atoms with Crippen LogP contribution in [-0.2, 0) is 18.0 Å². The molecule has 3 N–H and O–H groups in total. The van der Waals surface area contributed by atoms with Crippen molar-refractivity contribution in [3.05, 3.63) is 34.9 Å². The van der Waals surface area contributed by atoms with Crippen LogP contribution < -0.4 is 5.73 Å². The van der Waals surface area contributed by atoms with Crippen molar-refractivity contribution in [1.82, 2.24) is 0 Å². The lowest BCUT2D eigenvalue weighted by atomic mass is 9.98. The summed E-state index contributed by atoms with van der Waals surface area (Å²) in [6, 6.07) is 5.67. The minimum Gasteiger partial charge on any atom is -0.394 e. The molecule has 1 unspecified atom stereocenters. The van der Waals surface area contributed by atoms with E-state index in [1.54, 1.807) is 0 Å². The summed E-state index contributed by atoms with van der Waals surface area (Å²) < 4.78 is 5.31. The molecule has 0 radical (unpaired) electrons. The number of fused-ring (bicyclic) bond motifs is 1. The number of benzene rings is 1. The molecule has 1 aliphatic rings. The van der Waals surface area contributed by atoms with Gasteiger partial charge in [0, 0.05) is 0 Å². The topological polar surface area (TPSA) is 55.5 Å². The van der Waals surface area contributed by atoms with Crippen molar-refractivity contribution in [3.63, 3.8) is 0 Å². The highest BCUT2D eigenvalue weighted by Crippen LogP contribution is 2.26. The first-order chi connectivity index (χ1) is 6.33. The molecule has 0 amide bonds. The minimum absolute atomic E-state index is 0.0174. The van der Waals surface area contributed by atoms with Crippen molar-refractivity contribution >= 4 is 0 Å². The molecule has 1 aliphatic heterocycles. The summed E-state index contributed by atoms with van der Waals surface area (Å²) in [6.07, 6.45) is 0. The van der Waals surface area contributed by atoms with Gasteiger partial charge in [-0.15, -0.1) is 0 Å². The first-order valence-electron chi connectivity index (χ1n) is 4.37. The fourth-order valence-electron chi connectivity index (χ4n) is 1.67. The SMILES string of the molecule is NC(CO)c1cccc2c1COC2. The second kappa shape index (κ2) is 3.46. The van der Waals surface area contributed by atoms with Gasteiger partial charge in [-0.05, 0) is 16.7 Å². The Balaban J connectivity index is 2.41. The first kappa shape index (κ1) is 8.69. The number of nitrogens with two attached hydrogens (primary N) is 1. The monoisotopic (exact) mass is 179 g/mol. The lowest BCUT2D eigenvalue weighted by molar-refractivity contribution is 0.134. The van der Waals surface area contributed by atoms with Gasteiger partial charge in [0.05, 0.1) is 25.9 Å². The number of hydrogen-bond acceptors (Lipinski definition) is 3. The molecule has 1 heterocycles. The number of rotatable bonds is 2. The van der Waals surface area contributed by atoms with Crippen molar-refractivity contribution in [2.45, 2.75) is 19.3 Å². The standard InChI is InChI=1S/C10H13NO2/c11-10(4-12)8-3-1-2-7-5-13-6-9(7)8/h1-3,10,12H,4-6,11H2. The largest absolute Gasteiger partial charge is 0.394 e. The molecule has 13 heavy (non-hydrogen) atoms. The Bertz CT molecular complexity index is 312. The highest BCUT2D eigenvalue weighted by Gasteiger charge is 2.17. The molecule has 0 bridgehead atoms. The van der Waals surface area contributed by atoms with Crippen molar-refractivity contribution in [2.75, 3.05) is 6.61 Å². The van der Waals surface area contributed by atoms with Gasteiger partial charge in [0.15, 0.2) is 0 Å². The fraction of sp³-hybridized carbons (Fsp3) is 0.400. The molecule has 0 saturated heterocycles. The number of ether oxygens (including phenoxy) is 1. The Morgan fingerprint density at radius 1 is 1.46 bits per heavy atom. The van der Waals surface area contributed by atoms with Crippen LogP contribution >= 0.6 is 0 Å². The average Bonchev–Trinajstić information content (AvgIpc) is 2.63. The van der Waals surface area contributed by atoms with Crippen LogP contribution in [0.2, 0.25) is 0 Å². The third-order valence-electron chi connectivity index (χ3n) is 2.41. The Kier molecular flexibility index (Phi) is 2.31. The molecule has 0 aromatic heterocycles. The van der Waals surface area contributed by atoms with Gasteiger partial charge in [-0.1, -0.05) is 18.2 Å². The quantitative estimate of drug-likeness (QED) is 0.703. The molecule has 3 nitrogen and oxygen atoms in total. The maximum Gasteiger partial charge on any atom is 0.0728 e. The normalized spacial score (nSPS) is 17.1. The van der Waals surface area contributed by atoms with Crippen LogP contribution in [0.15, 0.2) is 18.2 Å². The third kappa shape index (κ3) is 1.46. The van der Waals surface area contributed by atoms with E-state index in [0.717, 1.165) is 11.1 Å². The van der Waals surface area contributed by atoms with E-state index in [-0.39, 0.29) is 12.6 Å². The molecule has 0 saturated carbocycles. The predicted octanol–water partition coefficient (Wildman–Crippen LogP) is 0.709. The van der Waals surface area contributed by atoms with E-state index in [1.807, 2.05) is 18.2 Å². The molecule has 2 rings (SSSR count). The second-order valence-corrected chi connectivity index (χ2v) is 3.27. The summed E-state index contributed by atoms with van der Waals surface area (Å²) in [6.45, 7) is 1.27. The molecule has 3 heteroatoms. The van der Waals surface area contributed by atoms with E-state index in [0.29, 0.717) is 13.2 Å². The van der Waals surface area contributed by atoms with E-state index < -0.39 is 0 Å². The zero-order valence-corrected chi connectivity index (χ0v) is 7.36. The lowest BCUT2D eigenvalue weighted by Gasteiger charge is -2.12. The molecule has 1 aromatic carbocycles. The molecular weight excluding hydrogens is 166 g/mol. The molecule has 1 atom stereocenters. The summed E-state index contributed by atoms with van der Waals surface area (Å²) in [5.74, 6) is 0. The summed E-state index contributed by atoms with van der Waals surface area (Å²) in [5.41, 5.74) is 9.13. The molecule has 1 aromatic rings. The van der Waals surface area contributed by atoms with Crippen LogP contribution in [-0.4, -0.2) is 11.7 Å². The van der Waals surface area contributed by atoms with Crippen molar-refractivity contribution in [3.8, 4) is 0 Å². The molecule has 70 valence electrons. The van der Waals surface area contributed by atoms with Gasteiger partial charge in [-0.25, -0.2) is 0 Å². The maximum atomic E-state index is 8.95. The van der Waals surface area contributed by atoms with Gasteiger partial charge >= 0.3 is 0 Å². The Hall–Kier alpha value is -0.900. The fourth-order valence-corrected chi connectivity index (χ4v) is 1.67. The highest BCUT2D eigenvalue weighted by atomic mass is 16.5. The number of hydrogen-bond donors (Lipinski definition) is 2. The number of aliphatic hydroxyl groups is 1. The smallest absolute Gasteiger partial charge is 0.0728 e. The number of aliphatic hydroxyl groups excluding tert-OH is 1. The molecule has 0 fully saturated rings.